The van der Waals surface area contributed by atoms with Crippen molar-refractivity contribution in [1.82, 2.24) is 25.7 Å². The number of anilines is 1. The molecule has 3 atom stereocenters. The van der Waals surface area contributed by atoms with Crippen LogP contribution in [0.1, 0.15) is 38.2 Å². The van der Waals surface area contributed by atoms with Crippen LogP contribution < -0.4 is 21.3 Å². The third-order valence-electron chi connectivity index (χ3n) is 4.30. The van der Waals surface area contributed by atoms with Gasteiger partial charge in [-0.15, -0.1) is 0 Å². The van der Waals surface area contributed by atoms with Crippen LogP contribution in [0, 0.1) is 6.92 Å². The van der Waals surface area contributed by atoms with Crippen LogP contribution in [0.2, 0.25) is 0 Å². The lowest BCUT2D eigenvalue weighted by atomic mass is 10.2. The first-order valence-corrected chi connectivity index (χ1v) is 8.74. The standard InChI is InChI=1S/C16H24N6O4/c1-9-7-13(23)20-16(18-9)22-12(6-10(2)21-22)19-15(25)14(24)17-8-11-4-3-5-26-11/h6,9,11,16,18H,3-5,7-8H2,1-2H3,(H,17,24)(H,19,25)(H,20,23). The van der Waals surface area contributed by atoms with E-state index in [0.717, 1.165) is 12.8 Å². The highest BCUT2D eigenvalue weighted by Gasteiger charge is 2.27. The summed E-state index contributed by atoms with van der Waals surface area (Å²) in [4.78, 5) is 35.9. The summed E-state index contributed by atoms with van der Waals surface area (Å²) in [7, 11) is 0. The van der Waals surface area contributed by atoms with Crippen molar-refractivity contribution in [1.29, 1.82) is 0 Å². The van der Waals surface area contributed by atoms with E-state index in [1.165, 1.54) is 4.68 Å². The van der Waals surface area contributed by atoms with Crippen LogP contribution in [-0.2, 0) is 19.1 Å². The first-order chi connectivity index (χ1) is 12.4. The van der Waals surface area contributed by atoms with Gasteiger partial charge < -0.3 is 20.7 Å². The van der Waals surface area contributed by atoms with Crippen molar-refractivity contribution in [3.63, 3.8) is 0 Å². The van der Waals surface area contributed by atoms with E-state index in [1.807, 2.05) is 6.92 Å². The van der Waals surface area contributed by atoms with Crippen LogP contribution in [0.3, 0.4) is 0 Å². The zero-order valence-electron chi connectivity index (χ0n) is 14.9. The van der Waals surface area contributed by atoms with Crippen LogP contribution >= 0.6 is 0 Å². The zero-order chi connectivity index (χ0) is 18.7. The second-order valence-electron chi connectivity index (χ2n) is 6.66. The molecule has 0 aliphatic carbocycles. The maximum Gasteiger partial charge on any atom is 0.314 e. The lowest BCUT2D eigenvalue weighted by Gasteiger charge is -2.30. The van der Waals surface area contributed by atoms with Gasteiger partial charge in [0.15, 0.2) is 6.29 Å². The molecule has 26 heavy (non-hydrogen) atoms. The number of nitrogens with zero attached hydrogens (tertiary/aromatic N) is 2. The molecule has 0 bridgehead atoms. The molecule has 10 heteroatoms. The Morgan fingerprint density at radius 2 is 2.23 bits per heavy atom. The molecule has 0 saturated carbocycles. The van der Waals surface area contributed by atoms with Crippen molar-refractivity contribution < 1.29 is 19.1 Å². The van der Waals surface area contributed by atoms with Gasteiger partial charge in [-0.3, -0.25) is 19.7 Å². The molecule has 2 aliphatic heterocycles. The Kier molecular flexibility index (Phi) is 5.52. The van der Waals surface area contributed by atoms with Gasteiger partial charge in [0.25, 0.3) is 0 Å². The molecule has 1 aromatic heterocycles. The molecule has 3 heterocycles. The Bertz CT molecular complexity index is 697. The SMILES string of the molecule is Cc1cc(NC(=O)C(=O)NCC2CCCO2)n(C2NC(=O)CC(C)N2)n1. The maximum absolute atomic E-state index is 12.2. The summed E-state index contributed by atoms with van der Waals surface area (Å²) in [6.45, 7) is 4.64. The Morgan fingerprint density at radius 1 is 1.42 bits per heavy atom. The van der Waals surface area contributed by atoms with Gasteiger partial charge in [-0.2, -0.15) is 5.10 Å². The first kappa shape index (κ1) is 18.3. The van der Waals surface area contributed by atoms with E-state index in [9.17, 15) is 14.4 Å². The molecule has 1 aromatic rings. The smallest absolute Gasteiger partial charge is 0.314 e. The van der Waals surface area contributed by atoms with Crippen LogP contribution in [0.25, 0.3) is 0 Å². The van der Waals surface area contributed by atoms with E-state index < -0.39 is 18.1 Å². The van der Waals surface area contributed by atoms with E-state index in [1.54, 1.807) is 13.0 Å². The number of amides is 3. The molecule has 0 spiro atoms. The molecule has 142 valence electrons. The number of carbonyl (C=O) groups excluding carboxylic acids is 3. The van der Waals surface area contributed by atoms with Crippen molar-refractivity contribution in [2.75, 3.05) is 18.5 Å². The molecular weight excluding hydrogens is 340 g/mol. The minimum Gasteiger partial charge on any atom is -0.376 e. The van der Waals surface area contributed by atoms with E-state index in [4.69, 9.17) is 4.74 Å². The number of aromatic nitrogens is 2. The second-order valence-corrected chi connectivity index (χ2v) is 6.66. The number of hydrogen-bond acceptors (Lipinski definition) is 6. The summed E-state index contributed by atoms with van der Waals surface area (Å²) in [6.07, 6.45) is 1.57. The molecule has 2 fully saturated rings. The number of nitrogens with one attached hydrogen (secondary N) is 4. The molecule has 10 nitrogen and oxygen atoms in total. The minimum atomic E-state index is -0.792. The molecule has 0 radical (unpaired) electrons. The molecule has 2 saturated heterocycles. The highest BCUT2D eigenvalue weighted by atomic mass is 16.5. The highest BCUT2D eigenvalue weighted by molar-refractivity contribution is 6.39. The Balaban J connectivity index is 1.62. The molecular formula is C16H24N6O4. The third-order valence-corrected chi connectivity index (χ3v) is 4.30. The quantitative estimate of drug-likeness (QED) is 0.528. The van der Waals surface area contributed by atoms with Crippen LogP contribution in [0.5, 0.6) is 0 Å². The van der Waals surface area contributed by atoms with Gasteiger partial charge in [0.05, 0.1) is 11.8 Å². The second kappa shape index (κ2) is 7.83. The van der Waals surface area contributed by atoms with E-state index in [2.05, 4.69) is 26.4 Å². The monoisotopic (exact) mass is 364 g/mol. The number of aryl methyl sites for hydroxylation is 1. The average Bonchev–Trinajstić information content (AvgIpc) is 3.21. The van der Waals surface area contributed by atoms with Gasteiger partial charge in [-0.1, -0.05) is 0 Å². The Hall–Kier alpha value is -2.46. The first-order valence-electron chi connectivity index (χ1n) is 8.74. The van der Waals surface area contributed by atoms with Crippen LogP contribution in [0.4, 0.5) is 5.82 Å². The third kappa shape index (κ3) is 4.38. The summed E-state index contributed by atoms with van der Waals surface area (Å²) in [6, 6.07) is 1.61. The van der Waals surface area contributed by atoms with Gasteiger partial charge >= 0.3 is 11.8 Å². The van der Waals surface area contributed by atoms with Crippen molar-refractivity contribution in [2.24, 2.45) is 0 Å². The van der Waals surface area contributed by atoms with Gasteiger partial charge in [0, 0.05) is 31.7 Å². The van der Waals surface area contributed by atoms with Crippen molar-refractivity contribution in [3.05, 3.63) is 11.8 Å². The van der Waals surface area contributed by atoms with Crippen LogP contribution in [0.15, 0.2) is 6.07 Å². The fourth-order valence-electron chi connectivity index (χ4n) is 3.06. The van der Waals surface area contributed by atoms with E-state index >= 15 is 0 Å². The summed E-state index contributed by atoms with van der Waals surface area (Å²) < 4.78 is 6.87. The van der Waals surface area contributed by atoms with Gasteiger partial charge in [0.2, 0.25) is 5.91 Å². The van der Waals surface area contributed by atoms with Crippen LogP contribution in [-0.4, -0.2) is 52.8 Å². The predicted octanol–water partition coefficient (Wildman–Crippen LogP) is -0.621. The summed E-state index contributed by atoms with van der Waals surface area (Å²) >= 11 is 0. The van der Waals surface area contributed by atoms with E-state index in [0.29, 0.717) is 31.1 Å². The van der Waals surface area contributed by atoms with Gasteiger partial charge in [0.1, 0.15) is 5.82 Å². The molecule has 3 rings (SSSR count). The summed E-state index contributed by atoms with van der Waals surface area (Å²) in [5.74, 6) is -1.31. The zero-order valence-corrected chi connectivity index (χ0v) is 14.9. The average molecular weight is 364 g/mol. The largest absolute Gasteiger partial charge is 0.376 e. The fraction of sp³-hybridized carbons (Fsp3) is 0.625. The number of carbonyl (C=O) groups is 3. The number of ether oxygens (including phenoxy) is 1. The number of rotatable bonds is 4. The van der Waals surface area contributed by atoms with Crippen molar-refractivity contribution >= 4 is 23.5 Å². The Labute approximate surface area is 151 Å². The fourth-order valence-corrected chi connectivity index (χ4v) is 3.06. The Morgan fingerprint density at radius 3 is 2.92 bits per heavy atom. The molecule has 3 amide bonds. The summed E-state index contributed by atoms with van der Waals surface area (Å²) in [5.41, 5.74) is 0.648. The highest BCUT2D eigenvalue weighted by Crippen LogP contribution is 2.17. The predicted molar refractivity (Wildman–Crippen MR) is 92.0 cm³/mol. The topological polar surface area (TPSA) is 126 Å². The van der Waals surface area contributed by atoms with Crippen molar-refractivity contribution in [3.8, 4) is 0 Å². The minimum absolute atomic E-state index is 0.0310. The number of hydrogen-bond donors (Lipinski definition) is 4. The van der Waals surface area contributed by atoms with Gasteiger partial charge in [-0.05, 0) is 26.7 Å². The molecule has 0 aromatic carbocycles. The lowest BCUT2D eigenvalue weighted by molar-refractivity contribution is -0.136. The molecule has 2 aliphatic rings. The van der Waals surface area contributed by atoms with Crippen molar-refractivity contribution in [2.45, 2.75) is 51.5 Å². The molecule has 4 N–H and O–H groups in total. The van der Waals surface area contributed by atoms with Gasteiger partial charge in [-0.25, -0.2) is 4.68 Å². The molecule has 3 unspecified atom stereocenters. The van der Waals surface area contributed by atoms with E-state index in [-0.39, 0.29) is 18.1 Å². The maximum atomic E-state index is 12.2. The normalized spacial score (nSPS) is 25.6. The lowest BCUT2D eigenvalue weighted by Crippen LogP contribution is -2.52. The summed E-state index contributed by atoms with van der Waals surface area (Å²) in [5, 5.41) is 15.4.